The Morgan fingerprint density at radius 1 is 1.03 bits per heavy atom. The normalized spacial score (nSPS) is 18.1. The van der Waals surface area contributed by atoms with Crippen molar-refractivity contribution in [1.29, 1.82) is 0 Å². The zero-order valence-electron chi connectivity index (χ0n) is 16.5. The Labute approximate surface area is 182 Å². The molecule has 1 aromatic heterocycles. The van der Waals surface area contributed by atoms with Crippen molar-refractivity contribution in [2.24, 2.45) is 0 Å². The van der Waals surface area contributed by atoms with Crippen LogP contribution in [0.1, 0.15) is 28.3 Å². The fourth-order valence-corrected chi connectivity index (χ4v) is 3.93. The molecule has 4 rings (SSSR count). The average molecular weight is 463 g/mol. The zero-order valence-corrected chi connectivity index (χ0v) is 18.1. The van der Waals surface area contributed by atoms with Crippen molar-refractivity contribution in [2.45, 2.75) is 19.9 Å². The Morgan fingerprint density at radius 3 is 2.43 bits per heavy atom. The molecule has 0 bridgehead atoms. The molecule has 1 fully saturated rings. The van der Waals surface area contributed by atoms with E-state index in [4.69, 9.17) is 0 Å². The molecule has 6 heteroatoms. The summed E-state index contributed by atoms with van der Waals surface area (Å²) in [5, 5.41) is 11.1. The standard InChI is InChI=1S/C24H19BrN2O3/c1-14-4-3-5-18(12-14)27-21(16-8-10-26-11-9-16)20(23(29)24(27)30)22(28)17-6-7-19(25)15(2)13-17/h3-13,21,28H,1-2H3/b22-20-. The van der Waals surface area contributed by atoms with Crippen LogP contribution in [0.2, 0.25) is 0 Å². The molecule has 1 N–H and O–H groups in total. The lowest BCUT2D eigenvalue weighted by Crippen LogP contribution is -2.29. The Hall–Kier alpha value is -3.25. The molecule has 0 aliphatic carbocycles. The number of halogens is 1. The van der Waals surface area contributed by atoms with E-state index in [1.54, 1.807) is 42.7 Å². The number of aliphatic hydroxyl groups excluding tert-OH is 1. The van der Waals surface area contributed by atoms with Gasteiger partial charge in [0.15, 0.2) is 0 Å². The van der Waals surface area contributed by atoms with Gasteiger partial charge in [-0.15, -0.1) is 0 Å². The van der Waals surface area contributed by atoms with Gasteiger partial charge in [-0.25, -0.2) is 0 Å². The van der Waals surface area contributed by atoms with E-state index < -0.39 is 17.7 Å². The fraction of sp³-hybridized carbons (Fsp3) is 0.125. The Morgan fingerprint density at radius 2 is 1.77 bits per heavy atom. The van der Waals surface area contributed by atoms with Crippen LogP contribution in [0.25, 0.3) is 5.76 Å². The van der Waals surface area contributed by atoms with Crippen LogP contribution in [0.5, 0.6) is 0 Å². The minimum absolute atomic E-state index is 0.0643. The summed E-state index contributed by atoms with van der Waals surface area (Å²) in [4.78, 5) is 31.7. The predicted molar refractivity (Wildman–Crippen MR) is 119 cm³/mol. The first-order valence-corrected chi connectivity index (χ1v) is 10.2. The van der Waals surface area contributed by atoms with E-state index in [1.807, 2.05) is 38.1 Å². The number of carbonyl (C=O) groups is 2. The fourth-order valence-electron chi connectivity index (χ4n) is 3.69. The maximum atomic E-state index is 13.1. The van der Waals surface area contributed by atoms with Crippen LogP contribution < -0.4 is 4.90 Å². The number of hydrogen-bond donors (Lipinski definition) is 1. The molecule has 1 atom stereocenters. The van der Waals surface area contributed by atoms with Crippen molar-refractivity contribution in [1.82, 2.24) is 4.98 Å². The molecule has 2 aromatic carbocycles. The quantitative estimate of drug-likeness (QED) is 0.334. The van der Waals surface area contributed by atoms with E-state index in [-0.39, 0.29) is 11.3 Å². The Balaban J connectivity index is 1.95. The Kier molecular flexibility index (Phi) is 5.26. The SMILES string of the molecule is Cc1cccc(N2C(=O)C(=O)/C(=C(\O)c3ccc(Br)c(C)c3)C2c2ccncc2)c1. The monoisotopic (exact) mass is 462 g/mol. The number of anilines is 1. The van der Waals surface area contributed by atoms with Gasteiger partial charge < -0.3 is 5.11 Å². The van der Waals surface area contributed by atoms with E-state index >= 15 is 0 Å². The summed E-state index contributed by atoms with van der Waals surface area (Å²) in [6.45, 7) is 3.82. The van der Waals surface area contributed by atoms with Gasteiger partial charge in [-0.3, -0.25) is 19.5 Å². The summed E-state index contributed by atoms with van der Waals surface area (Å²) in [5.74, 6) is -1.57. The molecule has 1 aliphatic rings. The number of Topliss-reactive ketones (excluding diaryl/α,β-unsaturated/α-hetero) is 1. The summed E-state index contributed by atoms with van der Waals surface area (Å²) < 4.78 is 0.893. The maximum absolute atomic E-state index is 13.1. The first kappa shape index (κ1) is 20.0. The number of benzene rings is 2. The van der Waals surface area contributed by atoms with Gasteiger partial charge >= 0.3 is 0 Å². The molecule has 2 heterocycles. The number of rotatable bonds is 3. The molecular formula is C24H19BrN2O3. The molecule has 3 aromatic rings. The van der Waals surface area contributed by atoms with Crippen LogP contribution in [0, 0.1) is 13.8 Å². The summed E-state index contributed by atoms with van der Waals surface area (Å²) in [6.07, 6.45) is 3.21. The highest BCUT2D eigenvalue weighted by molar-refractivity contribution is 9.10. The van der Waals surface area contributed by atoms with Gasteiger partial charge in [-0.05, 0) is 66.9 Å². The number of carbonyl (C=O) groups excluding carboxylic acids is 2. The van der Waals surface area contributed by atoms with Crippen LogP contribution in [-0.4, -0.2) is 21.8 Å². The van der Waals surface area contributed by atoms with Crippen molar-refractivity contribution in [3.63, 3.8) is 0 Å². The van der Waals surface area contributed by atoms with E-state index in [2.05, 4.69) is 20.9 Å². The van der Waals surface area contributed by atoms with E-state index in [0.717, 1.165) is 15.6 Å². The maximum Gasteiger partial charge on any atom is 0.300 e. The summed E-state index contributed by atoms with van der Waals surface area (Å²) >= 11 is 3.44. The van der Waals surface area contributed by atoms with Crippen molar-refractivity contribution in [2.75, 3.05) is 4.90 Å². The molecule has 0 spiro atoms. The van der Waals surface area contributed by atoms with Gasteiger partial charge in [0.2, 0.25) is 0 Å². The van der Waals surface area contributed by atoms with Crippen LogP contribution >= 0.6 is 15.9 Å². The summed E-state index contributed by atoms with van der Waals surface area (Å²) in [5.41, 5.74) is 3.72. The van der Waals surface area contributed by atoms with Gasteiger partial charge in [0.25, 0.3) is 11.7 Å². The zero-order chi connectivity index (χ0) is 21.4. The third kappa shape index (κ3) is 3.44. The molecule has 5 nitrogen and oxygen atoms in total. The lowest BCUT2D eigenvalue weighted by atomic mass is 9.95. The molecule has 150 valence electrons. The van der Waals surface area contributed by atoms with Crippen molar-refractivity contribution in [3.05, 3.63) is 99.3 Å². The number of hydrogen-bond acceptors (Lipinski definition) is 4. The van der Waals surface area contributed by atoms with Gasteiger partial charge in [-0.2, -0.15) is 0 Å². The second-order valence-corrected chi connectivity index (χ2v) is 8.11. The molecule has 1 aliphatic heterocycles. The van der Waals surface area contributed by atoms with E-state index in [9.17, 15) is 14.7 Å². The average Bonchev–Trinajstić information content (AvgIpc) is 3.01. The molecule has 30 heavy (non-hydrogen) atoms. The van der Waals surface area contributed by atoms with E-state index in [1.165, 1.54) is 4.90 Å². The number of aryl methyl sites for hydroxylation is 2. The lowest BCUT2D eigenvalue weighted by molar-refractivity contribution is -0.132. The largest absolute Gasteiger partial charge is 0.507 e. The first-order valence-electron chi connectivity index (χ1n) is 9.42. The molecule has 1 saturated heterocycles. The highest BCUT2D eigenvalue weighted by Gasteiger charge is 2.46. The third-order valence-electron chi connectivity index (χ3n) is 5.18. The molecule has 1 amide bonds. The highest BCUT2D eigenvalue weighted by atomic mass is 79.9. The summed E-state index contributed by atoms with van der Waals surface area (Å²) in [6, 6.07) is 15.5. The van der Waals surface area contributed by atoms with E-state index in [0.29, 0.717) is 16.8 Å². The van der Waals surface area contributed by atoms with Crippen molar-refractivity contribution >= 4 is 39.1 Å². The number of pyridine rings is 1. The van der Waals surface area contributed by atoms with Crippen LogP contribution in [0.4, 0.5) is 5.69 Å². The lowest BCUT2D eigenvalue weighted by Gasteiger charge is -2.25. The van der Waals surface area contributed by atoms with Gasteiger partial charge in [0.1, 0.15) is 5.76 Å². The van der Waals surface area contributed by atoms with Gasteiger partial charge in [0, 0.05) is 28.1 Å². The molecular weight excluding hydrogens is 444 g/mol. The second-order valence-electron chi connectivity index (χ2n) is 7.25. The van der Waals surface area contributed by atoms with Gasteiger partial charge in [-0.1, -0.05) is 34.1 Å². The Bertz CT molecular complexity index is 1190. The first-order chi connectivity index (χ1) is 14.4. The number of aromatic nitrogens is 1. The van der Waals surface area contributed by atoms with Crippen LogP contribution in [-0.2, 0) is 9.59 Å². The minimum Gasteiger partial charge on any atom is -0.507 e. The van der Waals surface area contributed by atoms with Crippen LogP contribution in [0.15, 0.2) is 77.0 Å². The van der Waals surface area contributed by atoms with Crippen LogP contribution in [0.3, 0.4) is 0 Å². The summed E-state index contributed by atoms with van der Waals surface area (Å²) in [7, 11) is 0. The molecule has 1 unspecified atom stereocenters. The molecule has 0 radical (unpaired) electrons. The minimum atomic E-state index is -0.751. The van der Waals surface area contributed by atoms with Gasteiger partial charge in [0.05, 0.1) is 11.6 Å². The number of nitrogens with zero attached hydrogens (tertiary/aromatic N) is 2. The third-order valence-corrected chi connectivity index (χ3v) is 6.07. The van der Waals surface area contributed by atoms with Crippen molar-refractivity contribution < 1.29 is 14.7 Å². The number of amides is 1. The number of aliphatic hydroxyl groups is 1. The predicted octanol–water partition coefficient (Wildman–Crippen LogP) is 5.09. The number of ketones is 1. The van der Waals surface area contributed by atoms with Crippen molar-refractivity contribution in [3.8, 4) is 0 Å². The second kappa shape index (κ2) is 7.88. The molecule has 0 saturated carbocycles. The smallest absolute Gasteiger partial charge is 0.300 e. The topological polar surface area (TPSA) is 70.5 Å². The highest BCUT2D eigenvalue weighted by Crippen LogP contribution is 2.42.